The largest absolute Gasteiger partial charge is 0.438 e. The number of rotatable bonds is 4. The van der Waals surface area contributed by atoms with Crippen molar-refractivity contribution in [3.8, 4) is 11.7 Å². The highest BCUT2D eigenvalue weighted by atomic mass is 32.2. The Kier molecular flexibility index (Phi) is 3.30. The Labute approximate surface area is 128 Å². The fourth-order valence-corrected chi connectivity index (χ4v) is 4.21. The zero-order chi connectivity index (χ0) is 15.2. The Morgan fingerprint density at radius 1 is 1.05 bits per heavy atom. The average Bonchev–Trinajstić information content (AvgIpc) is 3.18. The van der Waals surface area contributed by atoms with E-state index in [1.165, 1.54) is 16.8 Å². The van der Waals surface area contributed by atoms with Crippen LogP contribution in [0.5, 0.6) is 0 Å². The van der Waals surface area contributed by atoms with Crippen molar-refractivity contribution in [1.82, 2.24) is 14.5 Å². The third-order valence-electron chi connectivity index (χ3n) is 4.35. The molecule has 0 N–H and O–H groups in total. The summed E-state index contributed by atoms with van der Waals surface area (Å²) in [6.45, 7) is 1.09. The zero-order valence-corrected chi connectivity index (χ0v) is 12.9. The third kappa shape index (κ3) is 2.26. The molecule has 7 nitrogen and oxygen atoms in total. The van der Waals surface area contributed by atoms with Crippen LogP contribution in [0.2, 0.25) is 0 Å². The standard InChI is InChI=1S/C14H17N3O4S/c18-22(19,17-8-1-2-9-17)12-7-6-11(20-12)14-16-15-13(21-14)10-4-3-5-10/h6-7,10H,1-5,8-9H2. The summed E-state index contributed by atoms with van der Waals surface area (Å²) < 4.78 is 37.3. The van der Waals surface area contributed by atoms with Crippen LogP contribution in [0.15, 0.2) is 26.1 Å². The summed E-state index contributed by atoms with van der Waals surface area (Å²) in [5.74, 6) is 1.49. The van der Waals surface area contributed by atoms with Gasteiger partial charge in [-0.1, -0.05) is 6.42 Å². The molecule has 0 aromatic carbocycles. The minimum Gasteiger partial charge on any atom is -0.438 e. The van der Waals surface area contributed by atoms with Gasteiger partial charge in [0.2, 0.25) is 11.0 Å². The monoisotopic (exact) mass is 323 g/mol. The second kappa shape index (κ2) is 5.20. The Morgan fingerprint density at radius 2 is 1.82 bits per heavy atom. The van der Waals surface area contributed by atoms with E-state index in [0.717, 1.165) is 25.7 Å². The zero-order valence-electron chi connectivity index (χ0n) is 12.1. The van der Waals surface area contributed by atoms with Gasteiger partial charge in [0.1, 0.15) is 0 Å². The van der Waals surface area contributed by atoms with Gasteiger partial charge < -0.3 is 8.83 Å². The molecule has 22 heavy (non-hydrogen) atoms. The molecule has 0 unspecified atom stereocenters. The molecule has 0 atom stereocenters. The van der Waals surface area contributed by atoms with Crippen molar-refractivity contribution in [1.29, 1.82) is 0 Å². The third-order valence-corrected chi connectivity index (χ3v) is 6.12. The molecule has 2 fully saturated rings. The van der Waals surface area contributed by atoms with E-state index in [1.54, 1.807) is 6.07 Å². The minimum atomic E-state index is -3.55. The number of hydrogen-bond acceptors (Lipinski definition) is 6. The summed E-state index contributed by atoms with van der Waals surface area (Å²) in [5.41, 5.74) is 0. The van der Waals surface area contributed by atoms with Gasteiger partial charge in [-0.15, -0.1) is 10.2 Å². The Balaban J connectivity index is 1.59. The molecular weight excluding hydrogens is 306 g/mol. The predicted molar refractivity (Wildman–Crippen MR) is 76.6 cm³/mol. The fourth-order valence-electron chi connectivity index (χ4n) is 2.78. The van der Waals surface area contributed by atoms with Crippen molar-refractivity contribution in [2.45, 2.75) is 43.1 Å². The highest BCUT2D eigenvalue weighted by molar-refractivity contribution is 7.89. The number of hydrogen-bond donors (Lipinski definition) is 0. The number of aromatic nitrogens is 2. The first-order chi connectivity index (χ1) is 10.6. The van der Waals surface area contributed by atoms with E-state index in [9.17, 15) is 8.42 Å². The van der Waals surface area contributed by atoms with Crippen LogP contribution in [0.3, 0.4) is 0 Å². The SMILES string of the molecule is O=S(=O)(c1ccc(-c2nnc(C3CCC3)o2)o1)N1CCCC1. The molecule has 0 amide bonds. The summed E-state index contributed by atoms with van der Waals surface area (Å²) >= 11 is 0. The lowest BCUT2D eigenvalue weighted by molar-refractivity contribution is 0.334. The van der Waals surface area contributed by atoms with E-state index < -0.39 is 10.0 Å². The normalized spacial score (nSPS) is 20.4. The quantitative estimate of drug-likeness (QED) is 0.858. The van der Waals surface area contributed by atoms with Crippen molar-refractivity contribution in [2.75, 3.05) is 13.1 Å². The number of nitrogens with zero attached hydrogens (tertiary/aromatic N) is 3. The summed E-state index contributed by atoms with van der Waals surface area (Å²) in [6, 6.07) is 3.03. The van der Waals surface area contributed by atoms with Crippen LogP contribution in [0.25, 0.3) is 11.7 Å². The van der Waals surface area contributed by atoms with Gasteiger partial charge in [0.25, 0.3) is 15.9 Å². The van der Waals surface area contributed by atoms with Crippen molar-refractivity contribution < 1.29 is 17.3 Å². The molecule has 118 valence electrons. The molecule has 4 rings (SSSR count). The maximum Gasteiger partial charge on any atom is 0.283 e. The van der Waals surface area contributed by atoms with Crippen molar-refractivity contribution in [2.24, 2.45) is 0 Å². The van der Waals surface area contributed by atoms with Crippen LogP contribution in [0.4, 0.5) is 0 Å². The molecule has 2 aliphatic rings. The van der Waals surface area contributed by atoms with Crippen LogP contribution in [-0.2, 0) is 10.0 Å². The van der Waals surface area contributed by atoms with Gasteiger partial charge in [-0.25, -0.2) is 8.42 Å². The second-order valence-corrected chi connectivity index (χ2v) is 7.67. The van der Waals surface area contributed by atoms with Crippen LogP contribution >= 0.6 is 0 Å². The van der Waals surface area contributed by atoms with E-state index in [1.807, 2.05) is 0 Å². The molecule has 8 heteroatoms. The Hall–Kier alpha value is -1.67. The van der Waals surface area contributed by atoms with E-state index in [2.05, 4.69) is 10.2 Å². The molecule has 1 aliphatic heterocycles. The Morgan fingerprint density at radius 3 is 2.50 bits per heavy atom. The van der Waals surface area contributed by atoms with E-state index >= 15 is 0 Å². The molecular formula is C14H17N3O4S. The Bertz CT molecular complexity index is 770. The second-order valence-electron chi connectivity index (χ2n) is 5.80. The molecule has 3 heterocycles. The summed E-state index contributed by atoms with van der Waals surface area (Å²) in [7, 11) is -3.55. The molecule has 1 aliphatic carbocycles. The van der Waals surface area contributed by atoms with Crippen molar-refractivity contribution in [3.05, 3.63) is 18.0 Å². The van der Waals surface area contributed by atoms with E-state index in [4.69, 9.17) is 8.83 Å². The van der Waals surface area contributed by atoms with Crippen molar-refractivity contribution in [3.63, 3.8) is 0 Å². The van der Waals surface area contributed by atoms with Crippen molar-refractivity contribution >= 4 is 10.0 Å². The average molecular weight is 323 g/mol. The topological polar surface area (TPSA) is 89.4 Å². The van der Waals surface area contributed by atoms with E-state index in [-0.39, 0.29) is 11.0 Å². The number of furan rings is 1. The molecule has 0 bridgehead atoms. The van der Waals surface area contributed by atoms with Gasteiger partial charge in [0.15, 0.2) is 5.76 Å². The predicted octanol–water partition coefficient (Wildman–Crippen LogP) is 2.38. The van der Waals surface area contributed by atoms with Crippen LogP contribution in [0.1, 0.15) is 43.9 Å². The highest BCUT2D eigenvalue weighted by Crippen LogP contribution is 2.36. The first kappa shape index (κ1) is 14.0. The summed E-state index contributed by atoms with van der Waals surface area (Å²) in [6.07, 6.45) is 5.09. The molecule has 2 aromatic heterocycles. The lowest BCUT2D eigenvalue weighted by Crippen LogP contribution is -2.27. The molecule has 1 saturated heterocycles. The van der Waals surface area contributed by atoms with Crippen LogP contribution < -0.4 is 0 Å². The smallest absolute Gasteiger partial charge is 0.283 e. The maximum atomic E-state index is 12.4. The lowest BCUT2D eigenvalue weighted by Gasteiger charge is -2.20. The summed E-state index contributed by atoms with van der Waals surface area (Å²) in [4.78, 5) is 0. The van der Waals surface area contributed by atoms with Crippen LogP contribution in [0, 0.1) is 0 Å². The van der Waals surface area contributed by atoms with Gasteiger partial charge >= 0.3 is 0 Å². The molecule has 1 saturated carbocycles. The van der Waals surface area contributed by atoms with Gasteiger partial charge in [-0.05, 0) is 37.8 Å². The fraction of sp³-hybridized carbons (Fsp3) is 0.571. The van der Waals surface area contributed by atoms with Gasteiger partial charge in [-0.3, -0.25) is 0 Å². The highest BCUT2D eigenvalue weighted by Gasteiger charge is 2.31. The molecule has 2 aromatic rings. The van der Waals surface area contributed by atoms with Gasteiger partial charge in [0.05, 0.1) is 0 Å². The van der Waals surface area contributed by atoms with Gasteiger partial charge in [0, 0.05) is 19.0 Å². The maximum absolute atomic E-state index is 12.4. The molecule has 0 radical (unpaired) electrons. The first-order valence-electron chi connectivity index (χ1n) is 7.58. The number of sulfonamides is 1. The lowest BCUT2D eigenvalue weighted by atomic mass is 9.85. The summed E-state index contributed by atoms with van der Waals surface area (Å²) in [5, 5.41) is 7.93. The van der Waals surface area contributed by atoms with E-state index in [0.29, 0.717) is 30.7 Å². The molecule has 0 spiro atoms. The van der Waals surface area contributed by atoms with Gasteiger partial charge in [-0.2, -0.15) is 4.31 Å². The first-order valence-corrected chi connectivity index (χ1v) is 9.02. The van der Waals surface area contributed by atoms with Crippen LogP contribution in [-0.4, -0.2) is 36.0 Å². The minimum absolute atomic E-state index is 0.0622.